The molecule has 0 amide bonds. The van der Waals surface area contributed by atoms with Crippen molar-refractivity contribution in [1.82, 2.24) is 9.80 Å². The number of nitrogens with zero attached hydrogens (tertiary/aromatic N) is 2. The van der Waals surface area contributed by atoms with Crippen molar-refractivity contribution >= 4 is 21.9 Å². The number of benzene rings is 2. The number of hydrogen-bond acceptors (Lipinski definition) is 7. The van der Waals surface area contributed by atoms with Crippen LogP contribution in [0.1, 0.15) is 37.8 Å². The average molecular weight is 578 g/mol. The Hall–Kier alpha value is -2.29. The van der Waals surface area contributed by atoms with Gasteiger partial charge in [-0.05, 0) is 60.7 Å². The molecular formula is C29H41BrN2O5. The third kappa shape index (κ3) is 6.78. The highest BCUT2D eigenvalue weighted by atomic mass is 79.9. The number of ether oxygens (including phenoxy) is 4. The highest BCUT2D eigenvalue weighted by Gasteiger charge is 2.44. The molecule has 0 radical (unpaired) electrons. The van der Waals surface area contributed by atoms with Crippen LogP contribution in [-0.2, 0) is 21.5 Å². The fourth-order valence-corrected chi connectivity index (χ4v) is 5.81. The summed E-state index contributed by atoms with van der Waals surface area (Å²) in [5, 5.41) is 0. The predicted octanol–water partition coefficient (Wildman–Crippen LogP) is 5.14. The quantitative estimate of drug-likeness (QED) is 0.324. The van der Waals surface area contributed by atoms with E-state index in [9.17, 15) is 4.79 Å². The number of piperazine rings is 1. The van der Waals surface area contributed by atoms with Gasteiger partial charge < -0.3 is 23.8 Å². The molecule has 8 heteroatoms. The second-order valence-corrected chi connectivity index (χ2v) is 10.8. The fourth-order valence-electron chi connectivity index (χ4n) is 5.41. The zero-order chi connectivity index (χ0) is 27.0. The zero-order valence-electron chi connectivity index (χ0n) is 23.0. The molecule has 0 aliphatic carbocycles. The summed E-state index contributed by atoms with van der Waals surface area (Å²) in [5.74, 6) is 1.94. The third-order valence-corrected chi connectivity index (χ3v) is 8.01. The van der Waals surface area contributed by atoms with Crippen molar-refractivity contribution in [2.24, 2.45) is 5.92 Å². The van der Waals surface area contributed by atoms with Crippen LogP contribution in [0.25, 0.3) is 0 Å². The van der Waals surface area contributed by atoms with E-state index in [1.165, 1.54) is 7.11 Å². The number of carbonyl (C=O) groups is 1. The molecule has 0 spiro atoms. The number of methoxy groups -OCH3 is 4. The smallest absolute Gasteiger partial charge is 0.316 e. The lowest BCUT2D eigenvalue weighted by Crippen LogP contribution is -2.47. The van der Waals surface area contributed by atoms with E-state index in [0.717, 1.165) is 67.7 Å². The van der Waals surface area contributed by atoms with Crippen molar-refractivity contribution in [3.8, 4) is 17.2 Å². The number of esters is 1. The lowest BCUT2D eigenvalue weighted by atomic mass is 9.68. The van der Waals surface area contributed by atoms with Crippen molar-refractivity contribution < 1.29 is 23.7 Å². The molecule has 0 aromatic heterocycles. The summed E-state index contributed by atoms with van der Waals surface area (Å²) < 4.78 is 22.8. The van der Waals surface area contributed by atoms with Gasteiger partial charge in [0.25, 0.3) is 0 Å². The minimum Gasteiger partial charge on any atom is -0.493 e. The van der Waals surface area contributed by atoms with Crippen LogP contribution in [0, 0.1) is 5.92 Å². The molecule has 2 aromatic carbocycles. The van der Waals surface area contributed by atoms with E-state index in [-0.39, 0.29) is 11.9 Å². The first-order valence-electron chi connectivity index (χ1n) is 12.9. The normalized spacial score (nSPS) is 16.3. The van der Waals surface area contributed by atoms with Gasteiger partial charge in [-0.2, -0.15) is 0 Å². The van der Waals surface area contributed by atoms with Crippen LogP contribution in [0.4, 0.5) is 0 Å². The first-order chi connectivity index (χ1) is 17.8. The minimum atomic E-state index is -0.660. The number of carbonyl (C=O) groups excluding carboxylic acids is 1. The van der Waals surface area contributed by atoms with E-state index in [2.05, 4.69) is 45.6 Å². The van der Waals surface area contributed by atoms with Gasteiger partial charge in [0.2, 0.25) is 5.75 Å². The number of halogens is 1. The van der Waals surface area contributed by atoms with Gasteiger partial charge in [0.05, 0.1) is 33.9 Å². The molecule has 3 rings (SSSR count). The molecule has 0 bridgehead atoms. The topological polar surface area (TPSA) is 60.5 Å². The summed E-state index contributed by atoms with van der Waals surface area (Å²) in [6.07, 6.45) is 1.67. The number of hydrogen-bond donors (Lipinski definition) is 0. The molecule has 0 saturated carbocycles. The van der Waals surface area contributed by atoms with Crippen LogP contribution < -0.4 is 14.2 Å². The second kappa shape index (κ2) is 13.5. The molecule has 1 aliphatic rings. The van der Waals surface area contributed by atoms with E-state index in [1.807, 2.05) is 30.3 Å². The number of rotatable bonds is 12. The zero-order valence-corrected chi connectivity index (χ0v) is 24.6. The van der Waals surface area contributed by atoms with Gasteiger partial charge >= 0.3 is 5.97 Å². The molecule has 1 unspecified atom stereocenters. The molecule has 1 aliphatic heterocycles. The van der Waals surface area contributed by atoms with Gasteiger partial charge in [0, 0.05) is 37.2 Å². The lowest BCUT2D eigenvalue weighted by Gasteiger charge is -2.38. The molecule has 1 heterocycles. The molecule has 7 nitrogen and oxygen atoms in total. The van der Waals surface area contributed by atoms with E-state index >= 15 is 0 Å². The third-order valence-electron chi connectivity index (χ3n) is 7.52. The van der Waals surface area contributed by atoms with E-state index in [4.69, 9.17) is 18.9 Å². The molecule has 204 valence electrons. The maximum absolute atomic E-state index is 13.1. The monoisotopic (exact) mass is 576 g/mol. The van der Waals surface area contributed by atoms with Crippen LogP contribution >= 0.6 is 15.9 Å². The molecule has 2 aromatic rings. The van der Waals surface area contributed by atoms with Gasteiger partial charge in [0.15, 0.2) is 11.5 Å². The average Bonchev–Trinajstić information content (AvgIpc) is 2.90. The van der Waals surface area contributed by atoms with Gasteiger partial charge in [0.1, 0.15) is 0 Å². The maximum atomic E-state index is 13.1. The summed E-state index contributed by atoms with van der Waals surface area (Å²) >= 11 is 3.57. The minimum absolute atomic E-state index is 0.115. The van der Waals surface area contributed by atoms with Crippen molar-refractivity contribution in [1.29, 1.82) is 0 Å². The van der Waals surface area contributed by atoms with Crippen LogP contribution in [-0.4, -0.2) is 76.9 Å². The SMILES string of the molecule is COC(=O)C(CCCN1CCN(Cc2cc(OC)c(OC)c(OC)c2)CC1)(c1cccc(Br)c1)C(C)C. The highest BCUT2D eigenvalue weighted by Crippen LogP contribution is 2.40. The molecule has 1 saturated heterocycles. The second-order valence-electron chi connectivity index (χ2n) is 9.88. The summed E-state index contributed by atoms with van der Waals surface area (Å²) in [5.41, 5.74) is 1.49. The van der Waals surface area contributed by atoms with E-state index in [0.29, 0.717) is 17.2 Å². The molecule has 1 atom stereocenters. The lowest BCUT2D eigenvalue weighted by molar-refractivity contribution is -0.150. The Labute approximate surface area is 230 Å². The Morgan fingerprint density at radius 3 is 2.08 bits per heavy atom. The molecule has 37 heavy (non-hydrogen) atoms. The highest BCUT2D eigenvalue weighted by molar-refractivity contribution is 9.10. The summed E-state index contributed by atoms with van der Waals surface area (Å²) in [7, 11) is 6.40. The largest absolute Gasteiger partial charge is 0.493 e. The standard InChI is InChI=1S/C29H41BrN2O5/c1-21(2)29(28(33)37-6,23-9-7-10-24(30)19-23)11-8-12-31-13-15-32(16-14-31)20-22-17-25(34-3)27(36-5)26(18-22)35-4/h7,9-10,17-19,21H,8,11-16,20H2,1-6H3. The Morgan fingerprint density at radius 2 is 1.57 bits per heavy atom. The van der Waals surface area contributed by atoms with Gasteiger partial charge in [-0.15, -0.1) is 0 Å². The van der Waals surface area contributed by atoms with Crippen LogP contribution in [0.3, 0.4) is 0 Å². The molecule has 1 fully saturated rings. The van der Waals surface area contributed by atoms with Crippen LogP contribution in [0.15, 0.2) is 40.9 Å². The summed E-state index contributed by atoms with van der Waals surface area (Å²) in [6, 6.07) is 12.1. The Morgan fingerprint density at radius 1 is 0.946 bits per heavy atom. The van der Waals surface area contributed by atoms with Crippen molar-refractivity contribution in [3.05, 3.63) is 52.0 Å². The van der Waals surface area contributed by atoms with Crippen molar-refractivity contribution in [3.63, 3.8) is 0 Å². The Bertz CT molecular complexity index is 1010. The fraction of sp³-hybridized carbons (Fsp3) is 0.552. The van der Waals surface area contributed by atoms with E-state index < -0.39 is 5.41 Å². The first kappa shape index (κ1) is 29.3. The summed E-state index contributed by atoms with van der Waals surface area (Å²) in [6.45, 7) is 9.95. The molecule has 0 N–H and O–H groups in total. The van der Waals surface area contributed by atoms with Crippen molar-refractivity contribution in [2.45, 2.75) is 38.6 Å². The molecular weight excluding hydrogens is 536 g/mol. The van der Waals surface area contributed by atoms with Gasteiger partial charge in [-0.1, -0.05) is 41.9 Å². The first-order valence-corrected chi connectivity index (χ1v) is 13.7. The van der Waals surface area contributed by atoms with E-state index in [1.54, 1.807) is 21.3 Å². The van der Waals surface area contributed by atoms with Crippen molar-refractivity contribution in [2.75, 3.05) is 61.2 Å². The Balaban J connectivity index is 1.60. The van der Waals surface area contributed by atoms with Gasteiger partial charge in [-0.3, -0.25) is 9.69 Å². The van der Waals surface area contributed by atoms with Crippen LogP contribution in [0.2, 0.25) is 0 Å². The van der Waals surface area contributed by atoms with Crippen LogP contribution in [0.5, 0.6) is 17.2 Å². The Kier molecular flexibility index (Phi) is 10.7. The summed E-state index contributed by atoms with van der Waals surface area (Å²) in [4.78, 5) is 18.1. The predicted molar refractivity (Wildman–Crippen MR) is 150 cm³/mol. The maximum Gasteiger partial charge on any atom is 0.316 e. The van der Waals surface area contributed by atoms with Gasteiger partial charge in [-0.25, -0.2) is 0 Å².